The van der Waals surface area contributed by atoms with Gasteiger partial charge in [-0.25, -0.2) is 4.39 Å². The Morgan fingerprint density at radius 1 is 1.16 bits per heavy atom. The number of ether oxygens (including phenoxy) is 2. The Balaban J connectivity index is 1.30. The average molecular weight is 622 g/mol. The van der Waals surface area contributed by atoms with Crippen LogP contribution in [0.1, 0.15) is 50.5 Å². The molecule has 0 radical (unpaired) electrons. The number of fused-ring (bicyclic) bond motifs is 1. The Hall–Kier alpha value is -3.12. The summed E-state index contributed by atoms with van der Waals surface area (Å²) >= 11 is 6.81. The third kappa shape index (κ3) is 4.79. The Labute approximate surface area is 259 Å². The van der Waals surface area contributed by atoms with Gasteiger partial charge in [0.2, 0.25) is 0 Å². The summed E-state index contributed by atoms with van der Waals surface area (Å²) in [6, 6.07) is 2.24. The number of likely N-dealkylation sites (N-methyl/N-ethyl adjacent to an activating group) is 1. The minimum absolute atomic E-state index is 0.0195. The number of likely N-dealkylation sites (tertiary alicyclic amines) is 1. The molecule has 1 aliphatic carbocycles. The summed E-state index contributed by atoms with van der Waals surface area (Å²) in [6.45, 7) is 3.79. The van der Waals surface area contributed by atoms with Gasteiger partial charge in [0.25, 0.3) is 0 Å². The maximum atomic E-state index is 16.9. The van der Waals surface area contributed by atoms with Crippen molar-refractivity contribution in [2.45, 2.75) is 63.0 Å². The van der Waals surface area contributed by atoms with Crippen LogP contribution in [-0.2, 0) is 11.2 Å². The van der Waals surface area contributed by atoms with Gasteiger partial charge >= 0.3 is 6.01 Å². The van der Waals surface area contributed by atoms with Gasteiger partial charge in [0.1, 0.15) is 23.6 Å². The molecular weight excluding hydrogens is 585 g/mol. The SMILES string of the molecule is CN1CCCC1COc1nc2c3cnc(c(F)c3n1)-c1c(c(Cl)cc3[nH]ncc13)CCOCCC1(O)CC3(CCCN2C3)C1. The minimum atomic E-state index is -0.743. The van der Waals surface area contributed by atoms with Gasteiger partial charge in [-0.3, -0.25) is 10.1 Å². The molecule has 10 nitrogen and oxygen atoms in total. The van der Waals surface area contributed by atoms with Gasteiger partial charge in [-0.05, 0) is 82.0 Å². The van der Waals surface area contributed by atoms with E-state index in [0.29, 0.717) is 72.8 Å². The summed E-state index contributed by atoms with van der Waals surface area (Å²) in [4.78, 5) is 18.8. The van der Waals surface area contributed by atoms with Gasteiger partial charge < -0.3 is 24.4 Å². The molecule has 5 aliphatic heterocycles. The van der Waals surface area contributed by atoms with E-state index in [1.807, 2.05) is 0 Å². The number of rotatable bonds is 3. The molecule has 232 valence electrons. The summed E-state index contributed by atoms with van der Waals surface area (Å²) in [5, 5.41) is 20.3. The largest absolute Gasteiger partial charge is 0.462 e. The minimum Gasteiger partial charge on any atom is -0.462 e. The zero-order valence-corrected chi connectivity index (χ0v) is 25.7. The molecule has 10 rings (SSSR count). The monoisotopic (exact) mass is 621 g/mol. The van der Waals surface area contributed by atoms with Gasteiger partial charge in [0.05, 0.1) is 29.3 Å². The Bertz CT molecular complexity index is 1740. The number of aromatic nitrogens is 5. The number of anilines is 1. The normalized spacial score (nSPS) is 27.5. The number of H-pyrrole nitrogens is 1. The lowest BCUT2D eigenvalue weighted by Gasteiger charge is -2.57. The van der Waals surface area contributed by atoms with Crippen LogP contribution in [0.5, 0.6) is 6.01 Å². The molecular formula is C32H37ClFN7O3. The van der Waals surface area contributed by atoms with Crippen molar-refractivity contribution < 1.29 is 19.0 Å². The Kier molecular flexibility index (Phi) is 6.93. The maximum absolute atomic E-state index is 16.9. The number of nitrogens with zero attached hydrogens (tertiary/aromatic N) is 6. The van der Waals surface area contributed by atoms with Crippen molar-refractivity contribution in [3.8, 4) is 17.3 Å². The van der Waals surface area contributed by atoms with Crippen molar-refractivity contribution in [2.75, 3.05) is 51.4 Å². The lowest BCUT2D eigenvalue weighted by atomic mass is 9.55. The zero-order chi connectivity index (χ0) is 30.1. The lowest BCUT2D eigenvalue weighted by molar-refractivity contribution is -0.145. The van der Waals surface area contributed by atoms with Crippen molar-refractivity contribution in [3.05, 3.63) is 34.9 Å². The number of nitrogens with one attached hydrogen (secondary N) is 1. The number of aromatic amines is 1. The fraction of sp³-hybridized carbons (Fsp3) is 0.562. The number of halogens is 2. The molecule has 4 aromatic rings. The van der Waals surface area contributed by atoms with Crippen molar-refractivity contribution in [3.63, 3.8) is 0 Å². The van der Waals surface area contributed by atoms with Crippen LogP contribution >= 0.6 is 11.6 Å². The van der Waals surface area contributed by atoms with E-state index in [-0.39, 0.29) is 28.7 Å². The van der Waals surface area contributed by atoms with Gasteiger partial charge in [-0.2, -0.15) is 15.1 Å². The molecule has 1 spiro atoms. The van der Waals surface area contributed by atoms with Gasteiger partial charge in [0, 0.05) is 47.9 Å². The van der Waals surface area contributed by atoms with Crippen molar-refractivity contribution in [2.24, 2.45) is 5.41 Å². The van der Waals surface area contributed by atoms with Crippen molar-refractivity contribution >= 4 is 39.2 Å². The van der Waals surface area contributed by atoms with E-state index in [0.717, 1.165) is 56.3 Å². The van der Waals surface area contributed by atoms with E-state index >= 15 is 4.39 Å². The highest BCUT2D eigenvalue weighted by molar-refractivity contribution is 6.33. The molecule has 1 atom stereocenters. The molecule has 0 amide bonds. The number of benzene rings is 1. The second-order valence-electron chi connectivity index (χ2n) is 13.4. The summed E-state index contributed by atoms with van der Waals surface area (Å²) in [7, 11) is 2.10. The molecule has 1 aromatic carbocycles. The van der Waals surface area contributed by atoms with Crippen LogP contribution < -0.4 is 9.64 Å². The van der Waals surface area contributed by atoms with Crippen LogP contribution in [0.25, 0.3) is 33.1 Å². The molecule has 12 heteroatoms. The molecule has 1 saturated carbocycles. The Morgan fingerprint density at radius 3 is 2.89 bits per heavy atom. The van der Waals surface area contributed by atoms with Crippen LogP contribution in [0.2, 0.25) is 5.02 Å². The molecule has 44 heavy (non-hydrogen) atoms. The number of aliphatic hydroxyl groups is 1. The quantitative estimate of drug-likeness (QED) is 0.330. The van der Waals surface area contributed by atoms with Crippen molar-refractivity contribution in [1.82, 2.24) is 30.0 Å². The first kappa shape index (κ1) is 28.4. The molecule has 8 heterocycles. The van der Waals surface area contributed by atoms with E-state index < -0.39 is 11.4 Å². The lowest BCUT2D eigenvalue weighted by Crippen LogP contribution is -2.59. The van der Waals surface area contributed by atoms with Gasteiger partial charge in [0.15, 0.2) is 5.82 Å². The Morgan fingerprint density at radius 2 is 2.05 bits per heavy atom. The number of hydrogen-bond acceptors (Lipinski definition) is 9. The van der Waals surface area contributed by atoms with Crippen LogP contribution in [0.3, 0.4) is 0 Å². The van der Waals surface area contributed by atoms with E-state index in [1.54, 1.807) is 18.5 Å². The highest BCUT2D eigenvalue weighted by Crippen LogP contribution is 2.55. The standard InChI is InChI=1S/C32H37ClFN7O3/c1-40-8-2-4-19(40)15-44-30-37-27-22-13-35-28(26(27)34)25-20(23(33)12-24-21(25)14-36-39-24)5-10-43-11-7-32(42)16-31(17-32)6-3-9-41(18-31)29(22)38-30/h12-14,19,42H,2-11,15-18H2,1H3,(H,36,39). The van der Waals surface area contributed by atoms with Crippen LogP contribution in [0.4, 0.5) is 10.2 Å². The van der Waals surface area contributed by atoms with E-state index in [2.05, 4.69) is 32.0 Å². The average Bonchev–Trinajstić information content (AvgIpc) is 3.63. The van der Waals surface area contributed by atoms with E-state index in [1.165, 1.54) is 0 Å². The summed E-state index contributed by atoms with van der Waals surface area (Å²) in [5.41, 5.74) is 1.55. The molecule has 3 fully saturated rings. The molecule has 2 saturated heterocycles. The summed E-state index contributed by atoms with van der Waals surface area (Å²) in [6.07, 6.45) is 9.97. The van der Waals surface area contributed by atoms with Crippen LogP contribution in [0, 0.1) is 11.2 Å². The third-order valence-electron chi connectivity index (χ3n) is 10.3. The van der Waals surface area contributed by atoms with Crippen molar-refractivity contribution in [1.29, 1.82) is 0 Å². The first-order chi connectivity index (χ1) is 21.3. The molecule has 2 N–H and O–H groups in total. The van der Waals surface area contributed by atoms with E-state index in [9.17, 15) is 5.11 Å². The summed E-state index contributed by atoms with van der Waals surface area (Å²) in [5.74, 6) is 0.0830. The fourth-order valence-electron chi connectivity index (χ4n) is 8.22. The second-order valence-corrected chi connectivity index (χ2v) is 13.8. The number of piperidine rings is 1. The summed E-state index contributed by atoms with van der Waals surface area (Å²) < 4.78 is 29.2. The molecule has 3 aromatic heterocycles. The predicted octanol–water partition coefficient (Wildman–Crippen LogP) is 4.91. The van der Waals surface area contributed by atoms with Gasteiger partial charge in [-0.1, -0.05) is 11.6 Å². The van der Waals surface area contributed by atoms with Gasteiger partial charge in [-0.15, -0.1) is 0 Å². The highest BCUT2D eigenvalue weighted by Gasteiger charge is 2.54. The predicted molar refractivity (Wildman–Crippen MR) is 166 cm³/mol. The topological polar surface area (TPSA) is 113 Å². The third-order valence-corrected chi connectivity index (χ3v) is 10.7. The van der Waals surface area contributed by atoms with E-state index in [4.69, 9.17) is 31.0 Å². The zero-order valence-electron chi connectivity index (χ0n) is 24.9. The molecule has 1 unspecified atom stereocenters. The number of pyridine rings is 1. The van der Waals surface area contributed by atoms with Crippen LogP contribution in [-0.4, -0.2) is 93.3 Å². The van der Waals surface area contributed by atoms with Crippen LogP contribution in [0.15, 0.2) is 18.5 Å². The fourth-order valence-corrected chi connectivity index (χ4v) is 8.51. The second kappa shape index (κ2) is 10.8. The first-order valence-corrected chi connectivity index (χ1v) is 16.1. The number of hydrogen-bond donors (Lipinski definition) is 2. The maximum Gasteiger partial charge on any atom is 0.319 e. The molecule has 7 bridgehead atoms. The molecule has 6 aliphatic rings. The highest BCUT2D eigenvalue weighted by atomic mass is 35.5. The first-order valence-electron chi connectivity index (χ1n) is 15.7. The smallest absolute Gasteiger partial charge is 0.319 e.